The Balaban J connectivity index is 0. The van der Waals surface area contributed by atoms with E-state index in [0.717, 1.165) is 0 Å². The van der Waals surface area contributed by atoms with Crippen LogP contribution >= 0.6 is 9.90 Å². The zero-order valence-corrected chi connectivity index (χ0v) is 8.66. The summed E-state index contributed by atoms with van der Waals surface area (Å²) in [7, 11) is 0. The molecule has 0 amide bonds. The van der Waals surface area contributed by atoms with Crippen LogP contribution in [0, 0.1) is 0 Å². The van der Waals surface area contributed by atoms with Gasteiger partial charge in [-0.3, -0.25) is 0 Å². The number of nitrogens with zero attached hydrogens (tertiary/aromatic N) is 1. The molecule has 0 aliphatic rings. The largest absolute Gasteiger partial charge is 3.00 e. The second-order valence-electron chi connectivity index (χ2n) is 0. The Hall–Kier alpha value is 1.90. The number of hydrogen-bond donors (Lipinski definition) is 0. The number of rotatable bonds is 0. The summed E-state index contributed by atoms with van der Waals surface area (Å²) >= 11 is 0. The van der Waals surface area contributed by atoms with Crippen molar-refractivity contribution in [1.82, 2.24) is 0 Å². The van der Waals surface area contributed by atoms with Crippen LogP contribution in [-0.4, -0.2) is 45.6 Å². The van der Waals surface area contributed by atoms with E-state index >= 15 is 0 Å². The van der Waals surface area contributed by atoms with Crippen LogP contribution < -0.4 is 0 Å². The Morgan fingerprint density at radius 1 is 1.00 bits per heavy atom. The van der Waals surface area contributed by atoms with E-state index in [0.29, 0.717) is 0 Å². The third kappa shape index (κ3) is 9.09. The molecule has 0 aliphatic heterocycles. The van der Waals surface area contributed by atoms with E-state index in [9.17, 15) is 0 Å². The van der Waals surface area contributed by atoms with Crippen LogP contribution in [0.2, 0.25) is 0 Å². The molecule has 0 spiro atoms. The van der Waals surface area contributed by atoms with Gasteiger partial charge in [0.15, 0.2) is 0 Å². The van der Waals surface area contributed by atoms with Crippen molar-refractivity contribution in [3.63, 3.8) is 0 Å². The van der Waals surface area contributed by atoms with Gasteiger partial charge in [0.25, 0.3) is 0 Å². The van der Waals surface area contributed by atoms with Gasteiger partial charge < -0.3 is 16.0 Å². The molecule has 0 saturated heterocycles. The molecule has 0 rings (SSSR count). The van der Waals surface area contributed by atoms with E-state index < -0.39 is 0 Å². The Labute approximate surface area is 61.3 Å². The van der Waals surface area contributed by atoms with E-state index in [1.807, 2.05) is 0 Å². The molecule has 4 heteroatoms. The average Bonchev–Trinajstić information content (AvgIpc) is 0. The van der Waals surface area contributed by atoms with Crippen LogP contribution in [0.25, 0.3) is 6.15 Å². The van der Waals surface area contributed by atoms with Gasteiger partial charge in [-0.1, -0.05) is 0 Å². The summed E-state index contributed by atoms with van der Waals surface area (Å²) in [6.45, 7) is 0. The summed E-state index contributed by atoms with van der Waals surface area (Å²) in [5, 5.41) is 0. The first-order chi connectivity index (χ1) is 0. The Bertz CT molecular complexity index is 8.00. The second-order valence-corrected chi connectivity index (χ2v) is 0. The van der Waals surface area contributed by atoms with E-state index in [-0.39, 0.29) is 61.7 Å². The maximum Gasteiger partial charge on any atom is 3.00 e. The van der Waals surface area contributed by atoms with Crippen LogP contribution in [0.5, 0.6) is 0 Å². The molecule has 0 aromatic rings. The standard InChI is InChI=1S/Ga.In.N.P/q2*+3;2*-3. The van der Waals surface area contributed by atoms with Gasteiger partial charge >= 0.3 is 45.6 Å². The first-order valence-electron chi connectivity index (χ1n) is 0. The second kappa shape index (κ2) is 20.7. The van der Waals surface area contributed by atoms with Crippen LogP contribution in [0.15, 0.2) is 0 Å². The average molecular weight is 230 g/mol. The van der Waals surface area contributed by atoms with Gasteiger partial charge in [-0.15, -0.1) is 0 Å². The molecule has 0 radical (unpaired) electrons. The summed E-state index contributed by atoms with van der Waals surface area (Å²) in [5.74, 6) is 0. The van der Waals surface area contributed by atoms with Crippen molar-refractivity contribution in [3.05, 3.63) is 6.15 Å². The van der Waals surface area contributed by atoms with Crippen molar-refractivity contribution in [1.29, 1.82) is 0 Å². The molecule has 1 nitrogen and oxygen atoms in total. The van der Waals surface area contributed by atoms with Crippen LogP contribution in [0.3, 0.4) is 0 Å². The summed E-state index contributed by atoms with van der Waals surface area (Å²) in [5.41, 5.74) is 0. The Morgan fingerprint density at radius 3 is 1.00 bits per heavy atom. The topological polar surface area (TPSA) is 30.5 Å². The SMILES string of the molecule is [Ga+3].[In+3].[N-3].[P-3]. The normalized spacial score (nSPS) is 0. The van der Waals surface area contributed by atoms with E-state index in [1.54, 1.807) is 0 Å². The van der Waals surface area contributed by atoms with Crippen LogP contribution in [0.1, 0.15) is 0 Å². The van der Waals surface area contributed by atoms with Gasteiger partial charge in [-0.2, -0.15) is 0 Å². The van der Waals surface area contributed by atoms with Crippen molar-refractivity contribution in [2.45, 2.75) is 0 Å². The fraction of sp³-hybridized carbons (Fsp3) is 0. The molecule has 0 unspecified atom stereocenters. The molecule has 0 bridgehead atoms. The molecular weight excluding hydrogens is 230 g/mol. The zero-order valence-electron chi connectivity index (χ0n) is 2.05. The minimum Gasteiger partial charge on any atom is -3.00 e. The maximum atomic E-state index is 0. The smallest absolute Gasteiger partial charge is 3.00 e. The van der Waals surface area contributed by atoms with Gasteiger partial charge in [0.2, 0.25) is 0 Å². The fourth-order valence-corrected chi connectivity index (χ4v) is 0. The molecular formula is GaInNP. The molecule has 0 aliphatic carbocycles. The van der Waals surface area contributed by atoms with Crippen LogP contribution in [-0.2, 0) is 0 Å². The van der Waals surface area contributed by atoms with Crippen molar-refractivity contribution in [2.75, 3.05) is 0 Å². The Kier molecular flexibility index (Phi) is 203. The van der Waals surface area contributed by atoms with E-state index in [4.69, 9.17) is 0 Å². The molecule has 0 atom stereocenters. The molecule has 0 fully saturated rings. The zero-order chi connectivity index (χ0) is 0. The predicted molar refractivity (Wildman–Crippen MR) is 21.8 cm³/mol. The van der Waals surface area contributed by atoms with Gasteiger partial charge in [0, 0.05) is 0 Å². The van der Waals surface area contributed by atoms with Gasteiger partial charge in [0.1, 0.15) is 0 Å². The molecule has 0 heterocycles. The Morgan fingerprint density at radius 2 is 1.00 bits per heavy atom. The summed E-state index contributed by atoms with van der Waals surface area (Å²) in [6.07, 6.45) is 0. The third-order valence-corrected chi connectivity index (χ3v) is 0. The molecule has 0 aromatic carbocycles. The monoisotopic (exact) mass is 229 g/mol. The minimum absolute atomic E-state index is 0. The molecule has 0 N–H and O–H groups in total. The van der Waals surface area contributed by atoms with Gasteiger partial charge in [0.05, 0.1) is 0 Å². The minimum atomic E-state index is 0. The van der Waals surface area contributed by atoms with Gasteiger partial charge in [-0.05, 0) is 0 Å². The van der Waals surface area contributed by atoms with Crippen molar-refractivity contribution in [2.24, 2.45) is 0 Å². The summed E-state index contributed by atoms with van der Waals surface area (Å²) in [6, 6.07) is 0. The quantitative estimate of drug-likeness (QED) is 0.425. The first-order valence-corrected chi connectivity index (χ1v) is 0. The number of hydrogen-bond acceptors (Lipinski definition) is 0. The van der Waals surface area contributed by atoms with Crippen molar-refractivity contribution >= 4 is 55.5 Å². The summed E-state index contributed by atoms with van der Waals surface area (Å²) < 4.78 is 0. The van der Waals surface area contributed by atoms with E-state index in [1.165, 1.54) is 0 Å². The maximum absolute atomic E-state index is 0. The van der Waals surface area contributed by atoms with E-state index in [2.05, 4.69) is 0 Å². The third-order valence-electron chi connectivity index (χ3n) is 0. The van der Waals surface area contributed by atoms with Crippen molar-refractivity contribution in [3.8, 4) is 0 Å². The molecule has 16 valence electrons. The van der Waals surface area contributed by atoms with Gasteiger partial charge in [-0.25, -0.2) is 0 Å². The summed E-state index contributed by atoms with van der Waals surface area (Å²) in [4.78, 5) is 0. The van der Waals surface area contributed by atoms with Crippen LogP contribution in [0.4, 0.5) is 0 Å². The predicted octanol–water partition coefficient (Wildman–Crippen LogP) is 0.388. The molecule has 4 heavy (non-hydrogen) atoms. The fourth-order valence-electron chi connectivity index (χ4n) is 0. The van der Waals surface area contributed by atoms with Crippen molar-refractivity contribution < 1.29 is 0 Å². The molecule has 0 saturated carbocycles. The molecule has 0 aromatic heterocycles. The first kappa shape index (κ1) is 39.3.